The molecule has 0 rings (SSSR count). The number of hydrogen-bond donors (Lipinski definition) is 0. The van der Waals surface area contributed by atoms with Crippen LogP contribution in [-0.4, -0.2) is 37.2 Å². The monoisotopic (exact) mass is 1090 g/mol. The Bertz CT molecular complexity index is 1680. The first kappa shape index (κ1) is 74.5. The van der Waals surface area contributed by atoms with Crippen LogP contribution in [0.4, 0.5) is 0 Å². The molecule has 6 nitrogen and oxygen atoms in total. The van der Waals surface area contributed by atoms with Gasteiger partial charge in [-0.15, -0.1) is 0 Å². The van der Waals surface area contributed by atoms with E-state index in [1.54, 1.807) is 0 Å². The van der Waals surface area contributed by atoms with E-state index in [0.29, 0.717) is 19.3 Å². The average Bonchev–Trinajstić information content (AvgIpc) is 3.45. The minimum atomic E-state index is -0.797. The summed E-state index contributed by atoms with van der Waals surface area (Å²) in [6.07, 6.45) is 93.1. The molecule has 0 aliphatic rings. The molecule has 0 aromatic rings. The third-order valence-electron chi connectivity index (χ3n) is 13.6. The fourth-order valence-corrected chi connectivity index (χ4v) is 8.72. The minimum absolute atomic E-state index is 0.0927. The van der Waals surface area contributed by atoms with E-state index in [1.165, 1.54) is 109 Å². The van der Waals surface area contributed by atoms with Crippen LogP contribution in [-0.2, 0) is 28.6 Å². The molecule has 0 amide bonds. The van der Waals surface area contributed by atoms with Gasteiger partial charge in [-0.1, -0.05) is 264 Å². The predicted molar refractivity (Wildman–Crippen MR) is 343 cm³/mol. The van der Waals surface area contributed by atoms with E-state index in [-0.39, 0.29) is 31.1 Å². The molecular weight excluding hydrogens is 973 g/mol. The molecule has 0 saturated carbocycles. The van der Waals surface area contributed by atoms with Gasteiger partial charge in [0.05, 0.1) is 0 Å². The zero-order valence-corrected chi connectivity index (χ0v) is 51.3. The Hall–Kier alpha value is -4.45. The second-order valence-corrected chi connectivity index (χ2v) is 21.3. The number of unbranched alkanes of at least 4 members (excludes halogenated alkanes) is 25. The first-order valence-electron chi connectivity index (χ1n) is 32.7. The molecular formula is C73H120O6. The van der Waals surface area contributed by atoms with E-state index in [4.69, 9.17) is 14.2 Å². The van der Waals surface area contributed by atoms with Crippen molar-refractivity contribution in [3.8, 4) is 0 Å². The second-order valence-electron chi connectivity index (χ2n) is 21.3. The second kappa shape index (κ2) is 66.1. The zero-order chi connectivity index (χ0) is 57.1. The zero-order valence-electron chi connectivity index (χ0n) is 51.3. The van der Waals surface area contributed by atoms with Gasteiger partial charge in [-0.05, 0) is 141 Å². The van der Waals surface area contributed by atoms with E-state index in [1.807, 2.05) is 0 Å². The lowest BCUT2D eigenvalue weighted by Crippen LogP contribution is -2.30. The summed E-state index contributed by atoms with van der Waals surface area (Å²) in [5, 5.41) is 0. The van der Waals surface area contributed by atoms with Gasteiger partial charge in [0.1, 0.15) is 13.2 Å². The van der Waals surface area contributed by atoms with Crippen molar-refractivity contribution in [1.82, 2.24) is 0 Å². The number of carbonyl (C=O) groups is 3. The standard InChI is InChI=1S/C73H120O6/c1-4-7-10-13-16-19-22-25-27-29-30-31-32-33-34-35-36-37-38-39-40-41-42-44-45-48-51-54-57-60-63-66-72(75)78-69-70(68-77-71(74)65-62-59-56-53-50-47-24-21-18-15-12-9-6-3)79-73(76)67-64-61-58-55-52-49-46-43-28-26-23-20-17-14-11-8-5-2/h7,10,16-17,19-21,24-28,30-31,33-34,36-37,39-40,42,44,70H,4-6,8-9,11-15,18,22-23,29,32,35,38,41,43,45-69H2,1-3H3/b10-7-,19-16-,20-17-,24-21-,27-25-,28-26-,31-30-,34-33-,37-36-,40-39-,44-42-. The number of esters is 3. The van der Waals surface area contributed by atoms with Crippen molar-refractivity contribution < 1.29 is 28.6 Å². The van der Waals surface area contributed by atoms with Gasteiger partial charge in [-0.3, -0.25) is 14.4 Å². The van der Waals surface area contributed by atoms with E-state index in [0.717, 1.165) is 141 Å². The molecule has 0 fully saturated rings. The van der Waals surface area contributed by atoms with Crippen LogP contribution < -0.4 is 0 Å². The van der Waals surface area contributed by atoms with Crippen LogP contribution in [0.5, 0.6) is 0 Å². The van der Waals surface area contributed by atoms with Crippen LogP contribution in [0.2, 0.25) is 0 Å². The van der Waals surface area contributed by atoms with Gasteiger partial charge in [0.2, 0.25) is 0 Å². The molecule has 448 valence electrons. The summed E-state index contributed by atoms with van der Waals surface area (Å²) in [5.41, 5.74) is 0. The maximum atomic E-state index is 12.9. The largest absolute Gasteiger partial charge is 0.462 e. The van der Waals surface area contributed by atoms with Crippen LogP contribution >= 0.6 is 0 Å². The molecule has 0 bridgehead atoms. The normalized spacial score (nSPS) is 13.0. The van der Waals surface area contributed by atoms with E-state index >= 15 is 0 Å². The van der Waals surface area contributed by atoms with Crippen molar-refractivity contribution in [1.29, 1.82) is 0 Å². The summed E-state index contributed by atoms with van der Waals surface area (Å²) >= 11 is 0. The molecule has 0 saturated heterocycles. The van der Waals surface area contributed by atoms with Gasteiger partial charge in [-0.2, -0.15) is 0 Å². The van der Waals surface area contributed by atoms with Crippen molar-refractivity contribution in [2.24, 2.45) is 0 Å². The molecule has 0 aliphatic carbocycles. The van der Waals surface area contributed by atoms with Gasteiger partial charge in [0.15, 0.2) is 6.10 Å². The van der Waals surface area contributed by atoms with Gasteiger partial charge < -0.3 is 14.2 Å². The quantitative estimate of drug-likeness (QED) is 0.0261. The average molecular weight is 1090 g/mol. The molecule has 79 heavy (non-hydrogen) atoms. The summed E-state index contributed by atoms with van der Waals surface area (Å²) in [5.74, 6) is -0.921. The summed E-state index contributed by atoms with van der Waals surface area (Å²) in [7, 11) is 0. The number of rotatable bonds is 58. The summed E-state index contributed by atoms with van der Waals surface area (Å²) < 4.78 is 16.9. The molecule has 0 aromatic carbocycles. The predicted octanol–water partition coefficient (Wildman–Crippen LogP) is 22.5. The van der Waals surface area contributed by atoms with Crippen molar-refractivity contribution in [3.63, 3.8) is 0 Å². The van der Waals surface area contributed by atoms with Crippen molar-refractivity contribution >= 4 is 17.9 Å². The number of carbonyl (C=O) groups excluding carboxylic acids is 3. The van der Waals surface area contributed by atoms with Crippen molar-refractivity contribution in [2.45, 2.75) is 297 Å². The first-order chi connectivity index (χ1) is 39.0. The topological polar surface area (TPSA) is 78.9 Å². The Labute approximate surface area is 487 Å². The maximum Gasteiger partial charge on any atom is 0.306 e. The molecule has 6 heteroatoms. The molecule has 0 radical (unpaired) electrons. The van der Waals surface area contributed by atoms with Crippen LogP contribution in [0.25, 0.3) is 0 Å². The molecule has 0 aromatic heterocycles. The van der Waals surface area contributed by atoms with Crippen molar-refractivity contribution in [2.75, 3.05) is 13.2 Å². The fraction of sp³-hybridized carbons (Fsp3) is 0.658. The summed E-state index contributed by atoms with van der Waals surface area (Å²) in [6.45, 7) is 6.47. The van der Waals surface area contributed by atoms with Crippen molar-refractivity contribution in [3.05, 3.63) is 134 Å². The summed E-state index contributed by atoms with van der Waals surface area (Å²) in [4.78, 5) is 38.3. The third-order valence-corrected chi connectivity index (χ3v) is 13.6. The number of allylic oxidation sites excluding steroid dienone is 22. The number of ether oxygens (including phenoxy) is 3. The highest BCUT2D eigenvalue weighted by molar-refractivity contribution is 5.71. The Balaban J connectivity index is 4.35. The van der Waals surface area contributed by atoms with E-state index in [9.17, 15) is 14.4 Å². The summed E-state index contributed by atoms with van der Waals surface area (Å²) in [6, 6.07) is 0. The molecule has 0 heterocycles. The van der Waals surface area contributed by atoms with Gasteiger partial charge in [0, 0.05) is 19.3 Å². The molecule has 1 unspecified atom stereocenters. The lowest BCUT2D eigenvalue weighted by atomic mass is 10.1. The SMILES string of the molecule is CC/C=C\C/C=C\C/C=C\C/C=C\C/C=C\C/C=C\C/C=C\C/C=C\CCCCCCCCC(=O)OCC(COC(=O)CCCCCCC/C=C\CCCCCC)OC(=O)CCCCCCCCC/C=C\C/C=C\CCCCC. The van der Waals surface area contributed by atoms with E-state index < -0.39 is 6.10 Å². The van der Waals surface area contributed by atoms with Crippen LogP contribution in [0.15, 0.2) is 134 Å². The van der Waals surface area contributed by atoms with Crippen LogP contribution in [0.1, 0.15) is 290 Å². The molecule has 0 spiro atoms. The number of hydrogen-bond acceptors (Lipinski definition) is 6. The Kier molecular flexibility index (Phi) is 62.3. The highest BCUT2D eigenvalue weighted by Crippen LogP contribution is 2.15. The molecule has 1 atom stereocenters. The Morgan fingerprint density at radius 3 is 0.810 bits per heavy atom. The maximum absolute atomic E-state index is 12.9. The lowest BCUT2D eigenvalue weighted by molar-refractivity contribution is -0.167. The minimum Gasteiger partial charge on any atom is -0.462 e. The molecule has 0 N–H and O–H groups in total. The van der Waals surface area contributed by atoms with E-state index in [2.05, 4.69) is 154 Å². The third kappa shape index (κ3) is 64.3. The van der Waals surface area contributed by atoms with Crippen LogP contribution in [0, 0.1) is 0 Å². The lowest BCUT2D eigenvalue weighted by Gasteiger charge is -2.18. The smallest absolute Gasteiger partial charge is 0.306 e. The Morgan fingerprint density at radius 1 is 0.266 bits per heavy atom. The molecule has 0 aliphatic heterocycles. The highest BCUT2D eigenvalue weighted by Gasteiger charge is 2.19. The van der Waals surface area contributed by atoms with Crippen LogP contribution in [0.3, 0.4) is 0 Å². The first-order valence-corrected chi connectivity index (χ1v) is 32.7. The highest BCUT2D eigenvalue weighted by atomic mass is 16.6. The van der Waals surface area contributed by atoms with Gasteiger partial charge >= 0.3 is 17.9 Å². The fourth-order valence-electron chi connectivity index (χ4n) is 8.72. The van der Waals surface area contributed by atoms with Gasteiger partial charge in [-0.25, -0.2) is 0 Å². The Morgan fingerprint density at radius 2 is 0.494 bits per heavy atom. The van der Waals surface area contributed by atoms with Gasteiger partial charge in [0.25, 0.3) is 0 Å².